The van der Waals surface area contributed by atoms with E-state index in [2.05, 4.69) is 10.6 Å². The molecule has 1 amide bonds. The van der Waals surface area contributed by atoms with E-state index >= 15 is 0 Å². The van der Waals surface area contributed by atoms with Crippen LogP contribution in [0.1, 0.15) is 32.3 Å². The van der Waals surface area contributed by atoms with Gasteiger partial charge in [0.2, 0.25) is 5.91 Å². The third-order valence-electron chi connectivity index (χ3n) is 3.41. The molecular weight excluding hydrogens is 295 g/mol. The highest BCUT2D eigenvalue weighted by atomic mass is 35.5. The molecule has 0 unspecified atom stereocenters. The van der Waals surface area contributed by atoms with E-state index < -0.39 is 5.54 Å². The summed E-state index contributed by atoms with van der Waals surface area (Å²) in [6.45, 7) is 5.29. The maximum atomic E-state index is 11.9. The van der Waals surface area contributed by atoms with E-state index in [0.29, 0.717) is 11.6 Å². The summed E-state index contributed by atoms with van der Waals surface area (Å²) in [5.74, 6) is 0.805. The normalized spacial score (nSPS) is 14.6. The molecule has 2 rings (SSSR count). The lowest BCUT2D eigenvalue weighted by molar-refractivity contribution is -0.121. The van der Waals surface area contributed by atoms with Crippen LogP contribution in [0.2, 0.25) is 5.02 Å². The van der Waals surface area contributed by atoms with Gasteiger partial charge in [-0.1, -0.05) is 23.7 Å². The topological polar surface area (TPSA) is 41.1 Å². The minimum atomic E-state index is -0.413. The molecule has 2 N–H and O–H groups in total. The molecule has 0 radical (unpaired) electrons. The van der Waals surface area contributed by atoms with Crippen LogP contribution in [0, 0.1) is 5.92 Å². The van der Waals surface area contributed by atoms with E-state index in [9.17, 15) is 4.79 Å². The third kappa shape index (κ3) is 5.31. The molecule has 1 aromatic rings. The van der Waals surface area contributed by atoms with Crippen molar-refractivity contribution in [1.29, 1.82) is 0 Å². The summed E-state index contributed by atoms with van der Waals surface area (Å²) in [6, 6.07) is 7.60. The van der Waals surface area contributed by atoms with Gasteiger partial charge in [0, 0.05) is 5.02 Å². The number of carbonyl (C=O) groups is 1. The quantitative estimate of drug-likeness (QED) is 0.846. The first kappa shape index (κ1) is 17.3. The van der Waals surface area contributed by atoms with Crippen LogP contribution in [-0.4, -0.2) is 19.0 Å². The second-order valence-corrected chi connectivity index (χ2v) is 6.19. The van der Waals surface area contributed by atoms with Gasteiger partial charge < -0.3 is 10.6 Å². The van der Waals surface area contributed by atoms with Crippen LogP contribution in [-0.2, 0) is 10.3 Å². The number of nitrogens with one attached hydrogen (secondary N) is 2. The molecule has 0 heterocycles. The summed E-state index contributed by atoms with van der Waals surface area (Å²) in [5.41, 5.74) is 0.596. The first-order valence-electron chi connectivity index (χ1n) is 6.75. The zero-order valence-corrected chi connectivity index (χ0v) is 13.5. The fourth-order valence-corrected chi connectivity index (χ4v) is 2.24. The smallest absolute Gasteiger partial charge is 0.234 e. The first-order chi connectivity index (χ1) is 8.97. The van der Waals surface area contributed by atoms with Crippen molar-refractivity contribution in [1.82, 2.24) is 10.6 Å². The molecule has 3 nitrogen and oxygen atoms in total. The standard InChI is InChI=1S/C15H21ClN2O.ClH/c1-15(2,12-4-3-5-13(16)8-12)18-14(19)10-17-9-11-6-7-11;/h3-5,8,11,17H,6-7,9-10H2,1-2H3,(H,18,19);1H. The van der Waals surface area contributed by atoms with Crippen molar-refractivity contribution in [2.24, 2.45) is 5.92 Å². The van der Waals surface area contributed by atoms with E-state index in [-0.39, 0.29) is 18.3 Å². The monoisotopic (exact) mass is 316 g/mol. The second kappa shape index (κ2) is 7.30. The fraction of sp³-hybridized carbons (Fsp3) is 0.533. The van der Waals surface area contributed by atoms with Gasteiger partial charge in [0.1, 0.15) is 0 Å². The lowest BCUT2D eigenvalue weighted by atomic mass is 9.94. The van der Waals surface area contributed by atoms with Gasteiger partial charge >= 0.3 is 0 Å². The molecule has 1 aromatic carbocycles. The van der Waals surface area contributed by atoms with Crippen molar-refractivity contribution in [3.8, 4) is 0 Å². The summed E-state index contributed by atoms with van der Waals surface area (Å²) in [4.78, 5) is 11.9. The number of benzene rings is 1. The van der Waals surface area contributed by atoms with Gasteiger partial charge in [-0.25, -0.2) is 0 Å². The zero-order chi connectivity index (χ0) is 13.9. The van der Waals surface area contributed by atoms with E-state index in [0.717, 1.165) is 18.0 Å². The zero-order valence-electron chi connectivity index (χ0n) is 11.9. The van der Waals surface area contributed by atoms with Crippen molar-refractivity contribution in [3.05, 3.63) is 34.9 Å². The number of rotatable bonds is 6. The number of halogens is 2. The molecule has 0 saturated heterocycles. The van der Waals surface area contributed by atoms with Crippen molar-refractivity contribution >= 4 is 29.9 Å². The Morgan fingerprint density at radius 1 is 1.40 bits per heavy atom. The maximum Gasteiger partial charge on any atom is 0.234 e. The highest BCUT2D eigenvalue weighted by Gasteiger charge is 2.24. The number of hydrogen-bond donors (Lipinski definition) is 2. The molecular formula is C15H22Cl2N2O. The molecule has 112 valence electrons. The van der Waals surface area contributed by atoms with Crippen LogP contribution >= 0.6 is 24.0 Å². The molecule has 1 aliphatic carbocycles. The van der Waals surface area contributed by atoms with Gasteiger partial charge in [0.25, 0.3) is 0 Å². The molecule has 1 fully saturated rings. The fourth-order valence-electron chi connectivity index (χ4n) is 2.05. The predicted octanol–water partition coefficient (Wildman–Crippen LogP) is 3.11. The van der Waals surface area contributed by atoms with Gasteiger partial charge in [-0.15, -0.1) is 12.4 Å². The van der Waals surface area contributed by atoms with E-state index in [1.807, 2.05) is 38.1 Å². The largest absolute Gasteiger partial charge is 0.346 e. The average molecular weight is 317 g/mol. The average Bonchev–Trinajstić information content (AvgIpc) is 3.12. The van der Waals surface area contributed by atoms with Crippen molar-refractivity contribution in [2.75, 3.05) is 13.1 Å². The van der Waals surface area contributed by atoms with Gasteiger partial charge in [0.15, 0.2) is 0 Å². The van der Waals surface area contributed by atoms with Gasteiger partial charge in [0.05, 0.1) is 12.1 Å². The number of carbonyl (C=O) groups excluding carboxylic acids is 1. The molecule has 0 bridgehead atoms. The Hall–Kier alpha value is -0.770. The molecule has 0 aromatic heterocycles. The molecule has 5 heteroatoms. The highest BCUT2D eigenvalue weighted by molar-refractivity contribution is 6.30. The van der Waals surface area contributed by atoms with Gasteiger partial charge in [-0.3, -0.25) is 4.79 Å². The summed E-state index contributed by atoms with van der Waals surface area (Å²) in [7, 11) is 0. The van der Waals surface area contributed by atoms with Crippen LogP contribution in [0.25, 0.3) is 0 Å². The van der Waals surface area contributed by atoms with E-state index in [1.165, 1.54) is 12.8 Å². The maximum absolute atomic E-state index is 11.9. The predicted molar refractivity (Wildman–Crippen MR) is 85.5 cm³/mol. The minimum Gasteiger partial charge on any atom is -0.346 e. The third-order valence-corrected chi connectivity index (χ3v) is 3.65. The Morgan fingerprint density at radius 3 is 2.70 bits per heavy atom. The Labute approximate surface area is 131 Å². The molecule has 1 saturated carbocycles. The van der Waals surface area contributed by atoms with Gasteiger partial charge in [-0.05, 0) is 56.8 Å². The Kier molecular flexibility index (Phi) is 6.31. The van der Waals surface area contributed by atoms with Crippen LogP contribution < -0.4 is 10.6 Å². The first-order valence-corrected chi connectivity index (χ1v) is 7.13. The van der Waals surface area contributed by atoms with Crippen molar-refractivity contribution in [3.63, 3.8) is 0 Å². The Bertz CT molecular complexity index is 459. The molecule has 0 spiro atoms. The number of amides is 1. The SMILES string of the molecule is CC(C)(NC(=O)CNCC1CC1)c1cccc(Cl)c1.Cl. The lowest BCUT2D eigenvalue weighted by Gasteiger charge is -2.27. The molecule has 20 heavy (non-hydrogen) atoms. The minimum absolute atomic E-state index is 0. The summed E-state index contributed by atoms with van der Waals surface area (Å²) in [5, 5.41) is 6.92. The van der Waals surface area contributed by atoms with Crippen LogP contribution in [0.5, 0.6) is 0 Å². The van der Waals surface area contributed by atoms with Gasteiger partial charge in [-0.2, -0.15) is 0 Å². The molecule has 0 aliphatic heterocycles. The van der Waals surface area contributed by atoms with Crippen LogP contribution in [0.15, 0.2) is 24.3 Å². The Morgan fingerprint density at radius 2 is 2.10 bits per heavy atom. The highest BCUT2D eigenvalue weighted by Crippen LogP contribution is 2.27. The number of hydrogen-bond acceptors (Lipinski definition) is 2. The molecule has 1 aliphatic rings. The summed E-state index contributed by atoms with van der Waals surface area (Å²) >= 11 is 5.99. The lowest BCUT2D eigenvalue weighted by Crippen LogP contribution is -2.45. The van der Waals surface area contributed by atoms with Crippen LogP contribution in [0.3, 0.4) is 0 Å². The Balaban J connectivity index is 0.00000200. The summed E-state index contributed by atoms with van der Waals surface area (Å²) < 4.78 is 0. The molecule has 0 atom stereocenters. The van der Waals surface area contributed by atoms with Crippen LogP contribution in [0.4, 0.5) is 0 Å². The van der Waals surface area contributed by atoms with E-state index in [4.69, 9.17) is 11.6 Å². The van der Waals surface area contributed by atoms with Crippen molar-refractivity contribution in [2.45, 2.75) is 32.2 Å². The summed E-state index contributed by atoms with van der Waals surface area (Å²) in [6.07, 6.45) is 2.59. The second-order valence-electron chi connectivity index (χ2n) is 5.76. The van der Waals surface area contributed by atoms with E-state index in [1.54, 1.807) is 0 Å². The van der Waals surface area contributed by atoms with Crippen molar-refractivity contribution < 1.29 is 4.79 Å².